The van der Waals surface area contributed by atoms with E-state index in [1.165, 1.54) is 12.1 Å². The molecule has 3 aliphatic rings. The molecule has 6 heteroatoms. The van der Waals surface area contributed by atoms with Gasteiger partial charge in [-0.15, -0.1) is 0 Å². The molecule has 0 amide bonds. The van der Waals surface area contributed by atoms with Gasteiger partial charge in [-0.2, -0.15) is 0 Å². The number of rotatable bonds is 0. The highest BCUT2D eigenvalue weighted by Crippen LogP contribution is 2.43. The highest BCUT2D eigenvalue weighted by molar-refractivity contribution is 5.61. The molecule has 0 radical (unpaired) electrons. The van der Waals surface area contributed by atoms with Crippen molar-refractivity contribution in [3.05, 3.63) is 59.2 Å². The third-order valence-corrected chi connectivity index (χ3v) is 4.41. The highest BCUT2D eigenvalue weighted by Gasteiger charge is 2.46. The molecule has 3 heterocycles. The van der Waals surface area contributed by atoms with Crippen LogP contribution in [-0.2, 0) is 22.5 Å². The SMILES string of the molecule is Fc1cccc2c1CC1ON3c4cccc(F)c4CC3ON21. The highest BCUT2D eigenvalue weighted by atomic mass is 19.1. The minimum atomic E-state index is -0.433. The van der Waals surface area contributed by atoms with Crippen molar-refractivity contribution in [2.75, 3.05) is 10.1 Å². The second-order valence-corrected chi connectivity index (χ2v) is 5.65. The first-order valence-corrected chi connectivity index (χ1v) is 7.19. The monoisotopic (exact) mass is 302 g/mol. The summed E-state index contributed by atoms with van der Waals surface area (Å²) in [4.78, 5) is 11.9. The maximum Gasteiger partial charge on any atom is 0.185 e. The average Bonchev–Trinajstić information content (AvgIpc) is 3.05. The molecule has 2 aromatic rings. The van der Waals surface area contributed by atoms with Crippen molar-refractivity contribution in [3.63, 3.8) is 0 Å². The molecule has 0 bridgehead atoms. The fraction of sp³-hybridized carbons (Fsp3) is 0.250. The lowest BCUT2D eigenvalue weighted by Gasteiger charge is -2.40. The van der Waals surface area contributed by atoms with E-state index in [9.17, 15) is 8.78 Å². The maximum absolute atomic E-state index is 13.9. The van der Waals surface area contributed by atoms with Crippen LogP contribution in [0.2, 0.25) is 0 Å². The number of fused-ring (bicyclic) bond motifs is 6. The standard InChI is InChI=1S/C16H12F2N2O2/c17-11-3-1-5-13-9(11)7-15-19(13)21-16-8-10-12(18)4-2-6-14(10)20(16)22-15/h1-6,15-16H,7-8H2. The smallest absolute Gasteiger partial charge is 0.185 e. The largest absolute Gasteiger partial charge is 0.243 e. The Hall–Kier alpha value is -2.18. The van der Waals surface area contributed by atoms with Gasteiger partial charge in [-0.25, -0.2) is 28.6 Å². The Bertz CT molecular complexity index is 717. The summed E-state index contributed by atoms with van der Waals surface area (Å²) in [5.41, 5.74) is 2.54. The fourth-order valence-electron chi connectivity index (χ4n) is 3.41. The third-order valence-electron chi connectivity index (χ3n) is 4.41. The summed E-state index contributed by atoms with van der Waals surface area (Å²) in [6, 6.07) is 9.77. The summed E-state index contributed by atoms with van der Waals surface area (Å²) >= 11 is 0. The normalized spacial score (nSPS) is 24.8. The molecule has 0 saturated carbocycles. The van der Waals surface area contributed by atoms with E-state index in [4.69, 9.17) is 9.68 Å². The maximum atomic E-state index is 13.9. The number of halogens is 2. The molecular formula is C16H12F2N2O2. The van der Waals surface area contributed by atoms with E-state index in [0.29, 0.717) is 35.3 Å². The van der Waals surface area contributed by atoms with Gasteiger partial charge in [0, 0.05) is 24.0 Å². The summed E-state index contributed by atoms with van der Waals surface area (Å²) in [5.74, 6) is -0.517. The van der Waals surface area contributed by atoms with Gasteiger partial charge < -0.3 is 0 Å². The van der Waals surface area contributed by atoms with Crippen LogP contribution in [-0.4, -0.2) is 12.5 Å². The van der Waals surface area contributed by atoms with Gasteiger partial charge in [0.05, 0.1) is 11.4 Å². The molecule has 5 rings (SSSR count). The van der Waals surface area contributed by atoms with Crippen molar-refractivity contribution in [1.29, 1.82) is 0 Å². The molecule has 0 aliphatic carbocycles. The molecule has 2 aromatic carbocycles. The Kier molecular flexibility index (Phi) is 2.35. The van der Waals surface area contributed by atoms with Crippen LogP contribution < -0.4 is 10.1 Å². The zero-order valence-corrected chi connectivity index (χ0v) is 11.5. The molecule has 112 valence electrons. The van der Waals surface area contributed by atoms with Crippen LogP contribution in [0.25, 0.3) is 0 Å². The Morgan fingerprint density at radius 3 is 1.68 bits per heavy atom. The van der Waals surface area contributed by atoms with Gasteiger partial charge in [0.15, 0.2) is 12.5 Å². The number of benzene rings is 2. The van der Waals surface area contributed by atoms with Gasteiger partial charge in [0.2, 0.25) is 0 Å². The molecule has 3 aliphatic heterocycles. The topological polar surface area (TPSA) is 24.9 Å². The van der Waals surface area contributed by atoms with Crippen molar-refractivity contribution in [1.82, 2.24) is 0 Å². The number of hydrogen-bond acceptors (Lipinski definition) is 4. The van der Waals surface area contributed by atoms with Crippen LogP contribution in [0, 0.1) is 11.6 Å². The lowest BCUT2D eigenvalue weighted by Crippen LogP contribution is -2.53. The molecule has 1 fully saturated rings. The van der Waals surface area contributed by atoms with Crippen LogP contribution in [0.4, 0.5) is 20.2 Å². The Morgan fingerprint density at radius 2 is 1.23 bits per heavy atom. The lowest BCUT2D eigenvalue weighted by molar-refractivity contribution is -0.157. The number of anilines is 2. The summed E-state index contributed by atoms with van der Waals surface area (Å²) < 4.78 is 27.8. The van der Waals surface area contributed by atoms with E-state index in [1.54, 1.807) is 34.4 Å². The zero-order valence-electron chi connectivity index (χ0n) is 11.5. The molecule has 0 N–H and O–H groups in total. The predicted molar refractivity (Wildman–Crippen MR) is 74.9 cm³/mol. The summed E-state index contributed by atoms with van der Waals surface area (Å²) in [6.45, 7) is 0. The first-order valence-electron chi connectivity index (χ1n) is 7.19. The van der Waals surface area contributed by atoms with Crippen molar-refractivity contribution < 1.29 is 18.5 Å². The van der Waals surface area contributed by atoms with E-state index in [2.05, 4.69) is 0 Å². The van der Waals surface area contributed by atoms with Crippen LogP contribution in [0.15, 0.2) is 36.4 Å². The van der Waals surface area contributed by atoms with Crippen molar-refractivity contribution in [2.45, 2.75) is 25.3 Å². The Balaban J connectivity index is 1.53. The summed E-state index contributed by atoms with van der Waals surface area (Å²) in [5, 5.41) is 3.20. The van der Waals surface area contributed by atoms with Crippen LogP contribution in [0.5, 0.6) is 0 Å². The molecule has 2 unspecified atom stereocenters. The molecule has 2 atom stereocenters. The van der Waals surface area contributed by atoms with Gasteiger partial charge in [-0.3, -0.25) is 0 Å². The zero-order chi connectivity index (χ0) is 14.8. The van der Waals surface area contributed by atoms with Crippen LogP contribution in [0.1, 0.15) is 11.1 Å². The molecular weight excluding hydrogens is 290 g/mol. The number of hydrogen-bond donors (Lipinski definition) is 0. The van der Waals surface area contributed by atoms with Gasteiger partial charge in [0.25, 0.3) is 0 Å². The minimum Gasteiger partial charge on any atom is -0.243 e. The Morgan fingerprint density at radius 1 is 0.773 bits per heavy atom. The first kappa shape index (κ1) is 12.4. The van der Waals surface area contributed by atoms with Gasteiger partial charge in [-0.05, 0) is 24.3 Å². The Labute approximate surface area is 125 Å². The number of hydroxylamine groups is 2. The van der Waals surface area contributed by atoms with Gasteiger partial charge in [0.1, 0.15) is 11.6 Å². The van der Waals surface area contributed by atoms with E-state index in [1.807, 2.05) is 0 Å². The van der Waals surface area contributed by atoms with Crippen LogP contribution in [0.3, 0.4) is 0 Å². The fourth-order valence-corrected chi connectivity index (χ4v) is 3.41. The van der Waals surface area contributed by atoms with Gasteiger partial charge >= 0.3 is 0 Å². The van der Waals surface area contributed by atoms with E-state index in [0.717, 1.165) is 0 Å². The number of nitrogens with zero attached hydrogens (tertiary/aromatic N) is 2. The van der Waals surface area contributed by atoms with Crippen molar-refractivity contribution >= 4 is 11.4 Å². The predicted octanol–water partition coefficient (Wildman–Crippen LogP) is 2.92. The molecule has 1 saturated heterocycles. The quantitative estimate of drug-likeness (QED) is 0.747. The third kappa shape index (κ3) is 1.51. The average molecular weight is 302 g/mol. The first-order chi connectivity index (χ1) is 10.7. The molecule has 0 aromatic heterocycles. The van der Waals surface area contributed by atoms with Crippen molar-refractivity contribution in [3.8, 4) is 0 Å². The summed E-state index contributed by atoms with van der Waals surface area (Å²) in [7, 11) is 0. The van der Waals surface area contributed by atoms with E-state index in [-0.39, 0.29) is 11.6 Å². The summed E-state index contributed by atoms with van der Waals surface area (Å²) in [6.07, 6.45) is -0.0686. The minimum absolute atomic E-state index is 0.259. The van der Waals surface area contributed by atoms with Gasteiger partial charge in [-0.1, -0.05) is 12.1 Å². The van der Waals surface area contributed by atoms with E-state index >= 15 is 0 Å². The second kappa shape index (κ2) is 4.18. The molecule has 22 heavy (non-hydrogen) atoms. The van der Waals surface area contributed by atoms with Crippen molar-refractivity contribution in [2.24, 2.45) is 0 Å². The van der Waals surface area contributed by atoms with Crippen LogP contribution >= 0.6 is 0 Å². The molecule has 4 nitrogen and oxygen atoms in total. The lowest BCUT2D eigenvalue weighted by atomic mass is 10.1. The molecule has 0 spiro atoms. The van der Waals surface area contributed by atoms with E-state index < -0.39 is 12.5 Å². The second-order valence-electron chi connectivity index (χ2n) is 5.65.